The van der Waals surface area contributed by atoms with Gasteiger partial charge in [0.2, 0.25) is 5.91 Å². The number of amides is 1. The molecule has 19 heavy (non-hydrogen) atoms. The second kappa shape index (κ2) is 8.13. The van der Waals surface area contributed by atoms with E-state index in [4.69, 9.17) is 5.11 Å². The summed E-state index contributed by atoms with van der Waals surface area (Å²) in [6.45, 7) is 0.579. The van der Waals surface area contributed by atoms with Crippen molar-refractivity contribution in [1.29, 1.82) is 0 Å². The number of hydrogen-bond acceptors (Lipinski definition) is 2. The fraction of sp³-hybridized carbons (Fsp3) is 0.429. The van der Waals surface area contributed by atoms with Gasteiger partial charge in [0, 0.05) is 38.0 Å². The van der Waals surface area contributed by atoms with Crippen molar-refractivity contribution in [3.05, 3.63) is 30.1 Å². The number of hydrogen-bond donors (Lipinski definition) is 2. The van der Waals surface area contributed by atoms with Gasteiger partial charge >= 0.3 is 5.97 Å². The van der Waals surface area contributed by atoms with E-state index in [9.17, 15) is 9.59 Å². The molecule has 0 aliphatic carbocycles. The molecule has 0 radical (unpaired) electrons. The normalized spacial score (nSPS) is 10.8. The quantitative estimate of drug-likeness (QED) is 0.555. The van der Waals surface area contributed by atoms with Crippen LogP contribution in [0.25, 0.3) is 6.08 Å². The van der Waals surface area contributed by atoms with Crippen LogP contribution in [0.2, 0.25) is 0 Å². The van der Waals surface area contributed by atoms with Crippen molar-refractivity contribution in [2.24, 2.45) is 7.05 Å². The topological polar surface area (TPSA) is 71.3 Å². The van der Waals surface area contributed by atoms with E-state index in [1.165, 1.54) is 6.08 Å². The Bertz CT molecular complexity index is 449. The molecular formula is C14H20N2O3. The fourth-order valence-electron chi connectivity index (χ4n) is 1.66. The molecule has 0 bridgehead atoms. The molecule has 0 saturated heterocycles. The van der Waals surface area contributed by atoms with Crippen molar-refractivity contribution >= 4 is 18.0 Å². The highest BCUT2D eigenvalue weighted by molar-refractivity contribution is 5.91. The van der Waals surface area contributed by atoms with Crippen molar-refractivity contribution in [3.63, 3.8) is 0 Å². The lowest BCUT2D eigenvalue weighted by Crippen LogP contribution is -2.22. The average molecular weight is 264 g/mol. The second-order valence-electron chi connectivity index (χ2n) is 4.37. The lowest BCUT2D eigenvalue weighted by molar-refractivity contribution is -0.137. The van der Waals surface area contributed by atoms with Gasteiger partial charge in [-0.2, -0.15) is 0 Å². The third-order valence-electron chi connectivity index (χ3n) is 2.76. The van der Waals surface area contributed by atoms with Gasteiger partial charge in [0.05, 0.1) is 0 Å². The minimum atomic E-state index is -0.769. The first-order valence-corrected chi connectivity index (χ1v) is 6.38. The molecule has 1 aromatic rings. The molecule has 0 aliphatic rings. The van der Waals surface area contributed by atoms with Crippen molar-refractivity contribution in [2.45, 2.75) is 25.7 Å². The largest absolute Gasteiger partial charge is 0.481 e. The summed E-state index contributed by atoms with van der Waals surface area (Å²) in [5, 5.41) is 11.2. The number of aliphatic carboxylic acids is 1. The van der Waals surface area contributed by atoms with Gasteiger partial charge in [0.1, 0.15) is 0 Å². The Morgan fingerprint density at radius 1 is 1.37 bits per heavy atom. The van der Waals surface area contributed by atoms with Crippen LogP contribution in [0.3, 0.4) is 0 Å². The zero-order chi connectivity index (χ0) is 14.1. The Balaban J connectivity index is 2.13. The number of aromatic nitrogens is 1. The van der Waals surface area contributed by atoms with Crippen LogP contribution in [0, 0.1) is 0 Å². The first kappa shape index (κ1) is 15.0. The van der Waals surface area contributed by atoms with E-state index >= 15 is 0 Å². The monoisotopic (exact) mass is 264 g/mol. The third-order valence-corrected chi connectivity index (χ3v) is 2.76. The second-order valence-corrected chi connectivity index (χ2v) is 4.37. The molecule has 5 heteroatoms. The van der Waals surface area contributed by atoms with E-state index in [2.05, 4.69) is 5.32 Å². The van der Waals surface area contributed by atoms with Gasteiger partial charge in [-0.1, -0.05) is 6.42 Å². The van der Waals surface area contributed by atoms with Crippen LogP contribution in [0.15, 0.2) is 24.4 Å². The Morgan fingerprint density at radius 3 is 2.79 bits per heavy atom. The SMILES string of the molecule is Cn1cccc1/C=C/C(=O)NCCCCCC(=O)O. The van der Waals surface area contributed by atoms with Crippen LogP contribution in [-0.2, 0) is 16.6 Å². The predicted octanol–water partition coefficient (Wildman–Crippen LogP) is 1.80. The minimum Gasteiger partial charge on any atom is -0.481 e. The highest BCUT2D eigenvalue weighted by Gasteiger charge is 1.98. The Labute approximate surface area is 112 Å². The highest BCUT2D eigenvalue weighted by atomic mass is 16.4. The Hall–Kier alpha value is -2.04. The maximum atomic E-state index is 11.5. The molecule has 0 fully saturated rings. The molecule has 0 aliphatic heterocycles. The summed E-state index contributed by atoms with van der Waals surface area (Å²) in [7, 11) is 1.92. The number of carbonyl (C=O) groups is 2. The molecule has 5 nitrogen and oxygen atoms in total. The number of unbranched alkanes of at least 4 members (excludes halogenated alkanes) is 2. The van der Waals surface area contributed by atoms with E-state index < -0.39 is 5.97 Å². The molecule has 1 aromatic heterocycles. The van der Waals surface area contributed by atoms with Gasteiger partial charge in [-0.15, -0.1) is 0 Å². The van der Waals surface area contributed by atoms with Gasteiger partial charge in [-0.25, -0.2) is 0 Å². The summed E-state index contributed by atoms with van der Waals surface area (Å²) in [4.78, 5) is 21.8. The predicted molar refractivity (Wildman–Crippen MR) is 73.6 cm³/mol. The minimum absolute atomic E-state index is 0.126. The average Bonchev–Trinajstić information content (AvgIpc) is 2.76. The molecule has 0 unspecified atom stereocenters. The van der Waals surface area contributed by atoms with Gasteiger partial charge in [0.25, 0.3) is 0 Å². The number of carboxylic acid groups (broad SMARTS) is 1. The van der Waals surface area contributed by atoms with Crippen molar-refractivity contribution in [3.8, 4) is 0 Å². The highest BCUT2D eigenvalue weighted by Crippen LogP contribution is 2.02. The van der Waals surface area contributed by atoms with Gasteiger partial charge in [-0.3, -0.25) is 9.59 Å². The summed E-state index contributed by atoms with van der Waals surface area (Å²) in [6, 6.07) is 3.84. The summed E-state index contributed by atoms with van der Waals surface area (Å²) >= 11 is 0. The Morgan fingerprint density at radius 2 is 2.16 bits per heavy atom. The summed E-state index contributed by atoms with van der Waals surface area (Å²) in [6.07, 6.45) is 7.66. The van der Waals surface area contributed by atoms with Crippen LogP contribution in [0.5, 0.6) is 0 Å². The summed E-state index contributed by atoms with van der Waals surface area (Å²) in [5.41, 5.74) is 0.969. The van der Waals surface area contributed by atoms with E-state index in [0.29, 0.717) is 13.0 Å². The van der Waals surface area contributed by atoms with E-state index in [0.717, 1.165) is 18.5 Å². The molecule has 1 amide bonds. The number of carboxylic acids is 1. The number of carbonyl (C=O) groups excluding carboxylic acids is 1. The molecule has 1 heterocycles. The maximum Gasteiger partial charge on any atom is 0.303 e. The van der Waals surface area contributed by atoms with E-state index in [1.54, 1.807) is 6.08 Å². The number of rotatable bonds is 8. The first-order chi connectivity index (χ1) is 9.09. The summed E-state index contributed by atoms with van der Waals surface area (Å²) in [5.74, 6) is -0.894. The van der Waals surface area contributed by atoms with E-state index in [-0.39, 0.29) is 12.3 Å². The molecule has 0 spiro atoms. The molecular weight excluding hydrogens is 244 g/mol. The molecule has 0 atom stereocenters. The number of nitrogens with one attached hydrogen (secondary N) is 1. The van der Waals surface area contributed by atoms with Gasteiger partial charge in [-0.05, 0) is 31.1 Å². The van der Waals surface area contributed by atoms with Crippen LogP contribution < -0.4 is 5.32 Å². The fourth-order valence-corrected chi connectivity index (χ4v) is 1.66. The van der Waals surface area contributed by atoms with Gasteiger partial charge < -0.3 is 15.0 Å². The number of nitrogens with zero attached hydrogens (tertiary/aromatic N) is 1. The number of aryl methyl sites for hydroxylation is 1. The lowest BCUT2D eigenvalue weighted by atomic mass is 10.2. The van der Waals surface area contributed by atoms with Crippen molar-refractivity contribution in [1.82, 2.24) is 9.88 Å². The zero-order valence-electron chi connectivity index (χ0n) is 11.1. The third kappa shape index (κ3) is 6.45. The lowest BCUT2D eigenvalue weighted by Gasteiger charge is -2.01. The molecule has 0 aromatic carbocycles. The van der Waals surface area contributed by atoms with Crippen LogP contribution >= 0.6 is 0 Å². The summed E-state index contributed by atoms with van der Waals surface area (Å²) < 4.78 is 1.93. The smallest absolute Gasteiger partial charge is 0.303 e. The zero-order valence-corrected chi connectivity index (χ0v) is 11.1. The van der Waals surface area contributed by atoms with Crippen molar-refractivity contribution < 1.29 is 14.7 Å². The van der Waals surface area contributed by atoms with Crippen LogP contribution in [0.1, 0.15) is 31.4 Å². The first-order valence-electron chi connectivity index (χ1n) is 6.38. The van der Waals surface area contributed by atoms with Crippen LogP contribution in [-0.4, -0.2) is 28.1 Å². The standard InChI is InChI=1S/C14H20N2O3/c1-16-11-5-6-12(16)8-9-13(17)15-10-4-2-3-7-14(18)19/h5-6,8-9,11H,2-4,7,10H2,1H3,(H,15,17)(H,18,19)/b9-8+. The molecule has 104 valence electrons. The molecule has 2 N–H and O–H groups in total. The van der Waals surface area contributed by atoms with Crippen LogP contribution in [0.4, 0.5) is 0 Å². The maximum absolute atomic E-state index is 11.5. The van der Waals surface area contributed by atoms with E-state index in [1.807, 2.05) is 29.9 Å². The Kier molecular flexibility index (Phi) is 6.43. The molecule has 0 saturated carbocycles. The molecule has 1 rings (SSSR count). The van der Waals surface area contributed by atoms with Gasteiger partial charge in [0.15, 0.2) is 0 Å². The van der Waals surface area contributed by atoms with Crippen molar-refractivity contribution in [2.75, 3.05) is 6.54 Å².